The fourth-order valence-corrected chi connectivity index (χ4v) is 1.71. The number of carboxylic acids is 1. The molecule has 1 heterocycles. The molecule has 1 N–H and O–H groups in total. The molecule has 0 amide bonds. The lowest BCUT2D eigenvalue weighted by Gasteiger charge is -2.19. The predicted molar refractivity (Wildman–Crippen MR) is 76.4 cm³/mol. The maximum Gasteiger partial charge on any atom is 0.335 e. The number of aromatic carboxylic acids is 1. The standard InChI is InChI=1S/C16H16FNO3/c1-16(2,3)13-8-10(15(19)20)9-14(18-13)21-12-7-5-4-6-11(12)17/h4-9H,1-3H3,(H,19,20). The van der Waals surface area contributed by atoms with E-state index in [2.05, 4.69) is 4.98 Å². The van der Waals surface area contributed by atoms with Gasteiger partial charge in [0.15, 0.2) is 11.6 Å². The van der Waals surface area contributed by atoms with Crippen LogP contribution in [-0.2, 0) is 5.41 Å². The van der Waals surface area contributed by atoms with Gasteiger partial charge in [0.25, 0.3) is 0 Å². The number of benzene rings is 1. The van der Waals surface area contributed by atoms with Gasteiger partial charge in [-0.25, -0.2) is 14.2 Å². The third-order valence-corrected chi connectivity index (χ3v) is 2.87. The van der Waals surface area contributed by atoms with Gasteiger partial charge in [-0.1, -0.05) is 32.9 Å². The van der Waals surface area contributed by atoms with Crippen LogP contribution in [0.4, 0.5) is 4.39 Å². The molecular weight excluding hydrogens is 273 g/mol. The van der Waals surface area contributed by atoms with Gasteiger partial charge in [0.2, 0.25) is 5.88 Å². The van der Waals surface area contributed by atoms with Crippen molar-refractivity contribution in [3.63, 3.8) is 0 Å². The van der Waals surface area contributed by atoms with Crippen LogP contribution in [0, 0.1) is 5.82 Å². The molecule has 0 atom stereocenters. The van der Waals surface area contributed by atoms with E-state index in [4.69, 9.17) is 9.84 Å². The summed E-state index contributed by atoms with van der Waals surface area (Å²) in [4.78, 5) is 15.5. The molecule has 0 aliphatic rings. The van der Waals surface area contributed by atoms with Gasteiger partial charge in [-0.2, -0.15) is 0 Å². The second-order valence-electron chi connectivity index (χ2n) is 5.67. The topological polar surface area (TPSA) is 59.4 Å². The Balaban J connectivity index is 2.46. The number of nitrogens with zero attached hydrogens (tertiary/aromatic N) is 1. The van der Waals surface area contributed by atoms with Crippen molar-refractivity contribution >= 4 is 5.97 Å². The maximum atomic E-state index is 13.6. The molecule has 2 rings (SSSR count). The van der Waals surface area contributed by atoms with Crippen LogP contribution in [0.25, 0.3) is 0 Å². The highest BCUT2D eigenvalue weighted by Crippen LogP contribution is 2.28. The number of hydrogen-bond acceptors (Lipinski definition) is 3. The maximum absolute atomic E-state index is 13.6. The monoisotopic (exact) mass is 289 g/mol. The highest BCUT2D eigenvalue weighted by molar-refractivity contribution is 5.88. The number of para-hydroxylation sites is 1. The Kier molecular flexibility index (Phi) is 3.93. The van der Waals surface area contributed by atoms with E-state index in [-0.39, 0.29) is 22.6 Å². The Labute approximate surface area is 122 Å². The van der Waals surface area contributed by atoms with E-state index in [9.17, 15) is 9.18 Å². The average molecular weight is 289 g/mol. The van der Waals surface area contributed by atoms with Gasteiger partial charge < -0.3 is 9.84 Å². The van der Waals surface area contributed by atoms with Gasteiger partial charge in [-0.3, -0.25) is 0 Å². The second kappa shape index (κ2) is 5.52. The first-order chi connectivity index (χ1) is 9.77. The first-order valence-corrected chi connectivity index (χ1v) is 6.45. The number of hydrogen-bond donors (Lipinski definition) is 1. The summed E-state index contributed by atoms with van der Waals surface area (Å²) in [5.74, 6) is -1.55. The van der Waals surface area contributed by atoms with Crippen molar-refractivity contribution < 1.29 is 19.0 Å². The van der Waals surface area contributed by atoms with Crippen molar-refractivity contribution in [3.8, 4) is 11.6 Å². The summed E-state index contributed by atoms with van der Waals surface area (Å²) in [7, 11) is 0. The first kappa shape index (κ1) is 15.0. The molecule has 110 valence electrons. The Morgan fingerprint density at radius 2 is 1.90 bits per heavy atom. The summed E-state index contributed by atoms with van der Waals surface area (Å²) >= 11 is 0. The number of carbonyl (C=O) groups is 1. The number of carboxylic acid groups (broad SMARTS) is 1. The molecule has 0 aliphatic carbocycles. The van der Waals surface area contributed by atoms with Crippen molar-refractivity contribution in [2.24, 2.45) is 0 Å². The van der Waals surface area contributed by atoms with Gasteiger partial charge in [0, 0.05) is 11.5 Å². The van der Waals surface area contributed by atoms with E-state index in [1.807, 2.05) is 20.8 Å². The highest BCUT2D eigenvalue weighted by Gasteiger charge is 2.20. The molecule has 0 aliphatic heterocycles. The largest absolute Gasteiger partial charge is 0.478 e. The molecule has 0 saturated heterocycles. The van der Waals surface area contributed by atoms with Crippen molar-refractivity contribution in [2.75, 3.05) is 0 Å². The van der Waals surface area contributed by atoms with E-state index >= 15 is 0 Å². The Morgan fingerprint density at radius 3 is 2.48 bits per heavy atom. The Bertz CT molecular complexity index is 677. The minimum absolute atomic E-state index is 0.00685. The second-order valence-corrected chi connectivity index (χ2v) is 5.67. The number of halogens is 1. The zero-order valence-electron chi connectivity index (χ0n) is 12.1. The molecule has 0 fully saturated rings. The van der Waals surface area contributed by atoms with Crippen LogP contribution in [-0.4, -0.2) is 16.1 Å². The third-order valence-electron chi connectivity index (χ3n) is 2.87. The minimum atomic E-state index is -1.08. The van der Waals surface area contributed by atoms with Crippen LogP contribution < -0.4 is 4.74 Å². The molecule has 5 heteroatoms. The van der Waals surface area contributed by atoms with Crippen molar-refractivity contribution in [1.29, 1.82) is 0 Å². The van der Waals surface area contributed by atoms with Crippen LogP contribution in [0.15, 0.2) is 36.4 Å². The normalized spacial score (nSPS) is 11.2. The summed E-state index contributed by atoms with van der Waals surface area (Å²) in [5.41, 5.74) is 0.272. The first-order valence-electron chi connectivity index (χ1n) is 6.45. The molecule has 0 spiro atoms. The molecule has 0 radical (unpaired) electrons. The van der Waals surface area contributed by atoms with Crippen LogP contribution >= 0.6 is 0 Å². The molecular formula is C16H16FNO3. The van der Waals surface area contributed by atoms with Gasteiger partial charge in [0.1, 0.15) is 0 Å². The molecule has 0 saturated carbocycles. The van der Waals surface area contributed by atoms with Crippen LogP contribution in [0.5, 0.6) is 11.6 Å². The molecule has 21 heavy (non-hydrogen) atoms. The van der Waals surface area contributed by atoms with Crippen LogP contribution in [0.1, 0.15) is 36.8 Å². The van der Waals surface area contributed by atoms with E-state index in [1.54, 1.807) is 12.1 Å². The molecule has 0 bridgehead atoms. The highest BCUT2D eigenvalue weighted by atomic mass is 19.1. The zero-order valence-corrected chi connectivity index (χ0v) is 12.1. The molecule has 1 aromatic heterocycles. The molecule has 1 aromatic carbocycles. The van der Waals surface area contributed by atoms with Crippen LogP contribution in [0.2, 0.25) is 0 Å². The van der Waals surface area contributed by atoms with E-state index in [0.717, 1.165) is 0 Å². The average Bonchev–Trinajstić information content (AvgIpc) is 2.40. The van der Waals surface area contributed by atoms with Crippen molar-refractivity contribution in [1.82, 2.24) is 4.98 Å². The third kappa shape index (κ3) is 3.56. The number of pyridine rings is 1. The zero-order chi connectivity index (χ0) is 15.6. The Morgan fingerprint density at radius 1 is 1.24 bits per heavy atom. The van der Waals surface area contributed by atoms with E-state index in [1.165, 1.54) is 24.3 Å². The number of ether oxygens (including phenoxy) is 1. The smallest absolute Gasteiger partial charge is 0.335 e. The summed E-state index contributed by atoms with van der Waals surface area (Å²) < 4.78 is 19.0. The molecule has 0 unspecified atom stereocenters. The van der Waals surface area contributed by atoms with E-state index < -0.39 is 11.8 Å². The lowest BCUT2D eigenvalue weighted by molar-refractivity contribution is 0.0696. The lowest BCUT2D eigenvalue weighted by Crippen LogP contribution is -2.15. The van der Waals surface area contributed by atoms with Crippen molar-refractivity contribution in [2.45, 2.75) is 26.2 Å². The number of aromatic nitrogens is 1. The predicted octanol–water partition coefficient (Wildman–Crippen LogP) is 4.01. The van der Waals surface area contributed by atoms with Crippen LogP contribution in [0.3, 0.4) is 0 Å². The molecule has 4 nitrogen and oxygen atoms in total. The fourth-order valence-electron chi connectivity index (χ4n) is 1.71. The van der Waals surface area contributed by atoms with Gasteiger partial charge in [-0.15, -0.1) is 0 Å². The van der Waals surface area contributed by atoms with E-state index in [0.29, 0.717) is 5.69 Å². The summed E-state index contributed by atoms with van der Waals surface area (Å²) in [6.45, 7) is 5.73. The quantitative estimate of drug-likeness (QED) is 0.927. The number of rotatable bonds is 3. The summed E-state index contributed by atoms with van der Waals surface area (Å²) in [6, 6.07) is 8.68. The van der Waals surface area contributed by atoms with Gasteiger partial charge in [-0.05, 0) is 18.2 Å². The van der Waals surface area contributed by atoms with Gasteiger partial charge >= 0.3 is 5.97 Å². The van der Waals surface area contributed by atoms with Crippen molar-refractivity contribution in [3.05, 3.63) is 53.5 Å². The Hall–Kier alpha value is -2.43. The minimum Gasteiger partial charge on any atom is -0.478 e. The van der Waals surface area contributed by atoms with Gasteiger partial charge in [0.05, 0.1) is 11.3 Å². The molecule has 2 aromatic rings. The SMILES string of the molecule is CC(C)(C)c1cc(C(=O)O)cc(Oc2ccccc2F)n1. The summed E-state index contributed by atoms with van der Waals surface area (Å²) in [5, 5.41) is 9.16. The summed E-state index contributed by atoms with van der Waals surface area (Å²) in [6.07, 6.45) is 0. The fraction of sp³-hybridized carbons (Fsp3) is 0.250. The lowest BCUT2D eigenvalue weighted by atomic mass is 9.91.